The molecule has 0 saturated carbocycles. The summed E-state index contributed by atoms with van der Waals surface area (Å²) in [5, 5.41) is 0. The first-order valence-corrected chi connectivity index (χ1v) is 8.33. The topological polar surface area (TPSA) is 64.4 Å². The molecule has 0 spiro atoms. The smallest absolute Gasteiger partial charge is 0.311 e. The molecule has 0 aliphatic carbocycles. The van der Waals surface area contributed by atoms with Crippen molar-refractivity contribution in [2.75, 3.05) is 20.2 Å². The Labute approximate surface area is 147 Å². The molecule has 6 nitrogen and oxygen atoms in total. The fourth-order valence-electron chi connectivity index (χ4n) is 3.52. The lowest BCUT2D eigenvalue weighted by atomic mass is 9.93. The summed E-state index contributed by atoms with van der Waals surface area (Å²) in [5.74, 6) is -0.828. The molecular weight excluding hydrogens is 318 g/mol. The van der Waals surface area contributed by atoms with Crippen LogP contribution in [-0.4, -0.2) is 46.5 Å². The number of esters is 1. The predicted molar refractivity (Wildman–Crippen MR) is 93.3 cm³/mol. The van der Waals surface area contributed by atoms with E-state index in [-0.39, 0.29) is 23.7 Å². The minimum atomic E-state index is -0.380. The lowest BCUT2D eigenvalue weighted by Gasteiger charge is -2.18. The number of carbonyl (C=O) groups is 2. The van der Waals surface area contributed by atoms with E-state index in [1.807, 2.05) is 43.7 Å². The zero-order chi connectivity index (χ0) is 18.1. The number of methoxy groups -OCH3 is 1. The zero-order valence-electron chi connectivity index (χ0n) is 15.0. The quantitative estimate of drug-likeness (QED) is 0.802. The van der Waals surface area contributed by atoms with Crippen LogP contribution in [0.15, 0.2) is 30.7 Å². The Hall–Kier alpha value is -2.63. The molecule has 1 aliphatic rings. The highest BCUT2D eigenvalue weighted by Gasteiger charge is 2.42. The summed E-state index contributed by atoms with van der Waals surface area (Å²) in [7, 11) is 3.28. The number of amides is 1. The second-order valence-corrected chi connectivity index (χ2v) is 6.69. The summed E-state index contributed by atoms with van der Waals surface area (Å²) in [6.07, 6.45) is 3.46. The lowest BCUT2D eigenvalue weighted by molar-refractivity contribution is -0.145. The van der Waals surface area contributed by atoms with Gasteiger partial charge >= 0.3 is 5.97 Å². The van der Waals surface area contributed by atoms with Gasteiger partial charge in [-0.3, -0.25) is 9.59 Å². The Balaban J connectivity index is 1.91. The second-order valence-electron chi connectivity index (χ2n) is 6.69. The number of aromatic nitrogens is 2. The predicted octanol–water partition coefficient (Wildman–Crippen LogP) is 2.07. The summed E-state index contributed by atoms with van der Waals surface area (Å²) < 4.78 is 6.87. The molecule has 1 amide bonds. The summed E-state index contributed by atoms with van der Waals surface area (Å²) in [6, 6.07) is 5.85. The maximum atomic E-state index is 13.0. The molecule has 2 heterocycles. The van der Waals surface area contributed by atoms with Crippen molar-refractivity contribution in [3.8, 4) is 0 Å². The molecule has 1 aromatic carbocycles. The van der Waals surface area contributed by atoms with E-state index in [4.69, 9.17) is 4.74 Å². The summed E-state index contributed by atoms with van der Waals surface area (Å²) in [5.41, 5.74) is 3.61. The molecule has 2 atom stereocenters. The van der Waals surface area contributed by atoms with E-state index < -0.39 is 0 Å². The van der Waals surface area contributed by atoms with Crippen LogP contribution in [0.4, 0.5) is 0 Å². The van der Waals surface area contributed by atoms with Gasteiger partial charge in [-0.1, -0.05) is 17.7 Å². The van der Waals surface area contributed by atoms with Crippen molar-refractivity contribution >= 4 is 11.9 Å². The highest BCUT2D eigenvalue weighted by Crippen LogP contribution is 2.34. The van der Waals surface area contributed by atoms with Crippen molar-refractivity contribution in [2.24, 2.45) is 13.0 Å². The molecule has 2 aromatic rings. The van der Waals surface area contributed by atoms with Crippen LogP contribution in [0.3, 0.4) is 0 Å². The average Bonchev–Trinajstić information content (AvgIpc) is 3.21. The van der Waals surface area contributed by atoms with Gasteiger partial charge in [0.25, 0.3) is 5.91 Å². The molecule has 1 aliphatic heterocycles. The van der Waals surface area contributed by atoms with Gasteiger partial charge in [-0.25, -0.2) is 4.98 Å². The first-order valence-electron chi connectivity index (χ1n) is 8.33. The van der Waals surface area contributed by atoms with Gasteiger partial charge in [0, 0.05) is 43.5 Å². The molecule has 0 N–H and O–H groups in total. The fraction of sp³-hybridized carbons (Fsp3) is 0.421. The maximum absolute atomic E-state index is 13.0. The number of likely N-dealkylation sites (tertiary alicyclic amines) is 1. The number of benzene rings is 1. The summed E-state index contributed by atoms with van der Waals surface area (Å²) in [6.45, 7) is 4.73. The third-order valence-corrected chi connectivity index (χ3v) is 4.97. The molecular formula is C19H23N3O3. The van der Waals surface area contributed by atoms with Gasteiger partial charge in [0.1, 0.15) is 0 Å². The normalized spacial score (nSPS) is 19.9. The van der Waals surface area contributed by atoms with E-state index in [9.17, 15) is 9.59 Å². The number of hydrogen-bond donors (Lipinski definition) is 0. The Bertz CT molecular complexity index is 812. The Morgan fingerprint density at radius 1 is 1.24 bits per heavy atom. The number of nitrogens with zero attached hydrogens (tertiary/aromatic N) is 3. The van der Waals surface area contributed by atoms with E-state index in [1.54, 1.807) is 17.4 Å². The van der Waals surface area contributed by atoms with Crippen LogP contribution in [-0.2, 0) is 16.6 Å². The Kier molecular flexibility index (Phi) is 4.61. The van der Waals surface area contributed by atoms with Gasteiger partial charge in [0.15, 0.2) is 0 Å². The minimum Gasteiger partial charge on any atom is -0.469 e. The minimum absolute atomic E-state index is 0.0419. The third-order valence-electron chi connectivity index (χ3n) is 4.97. The van der Waals surface area contributed by atoms with Crippen LogP contribution in [0.1, 0.15) is 33.1 Å². The SMILES string of the molecule is COC(=O)[C@@H]1CN(C(=O)c2cc(C)ccc2C)C[C@H]1c1cncn1C. The number of imidazole rings is 1. The van der Waals surface area contributed by atoms with E-state index in [0.717, 1.165) is 16.8 Å². The fourth-order valence-corrected chi connectivity index (χ4v) is 3.52. The van der Waals surface area contributed by atoms with Crippen molar-refractivity contribution in [2.45, 2.75) is 19.8 Å². The van der Waals surface area contributed by atoms with Crippen LogP contribution in [0.2, 0.25) is 0 Å². The van der Waals surface area contributed by atoms with Gasteiger partial charge in [-0.05, 0) is 25.5 Å². The highest BCUT2D eigenvalue weighted by atomic mass is 16.5. The van der Waals surface area contributed by atoms with E-state index in [1.165, 1.54) is 7.11 Å². The highest BCUT2D eigenvalue weighted by molar-refractivity contribution is 5.96. The third kappa shape index (κ3) is 3.16. The number of aryl methyl sites for hydroxylation is 3. The molecule has 3 rings (SSSR count). The van der Waals surface area contributed by atoms with E-state index >= 15 is 0 Å². The lowest BCUT2D eigenvalue weighted by Crippen LogP contribution is -2.30. The van der Waals surface area contributed by atoms with Crippen molar-refractivity contribution in [1.82, 2.24) is 14.5 Å². The molecule has 25 heavy (non-hydrogen) atoms. The standard InChI is InChI=1S/C19H23N3O3/c1-12-5-6-13(2)14(7-12)18(23)22-9-15(16(10-22)19(24)25-4)17-8-20-11-21(17)3/h5-8,11,15-16H,9-10H2,1-4H3/t15-,16-/m1/s1. The number of hydrogen-bond acceptors (Lipinski definition) is 4. The van der Waals surface area contributed by atoms with Gasteiger partial charge in [0.2, 0.25) is 0 Å². The molecule has 1 saturated heterocycles. The summed E-state index contributed by atoms with van der Waals surface area (Å²) in [4.78, 5) is 31.2. The van der Waals surface area contributed by atoms with Gasteiger partial charge in [0.05, 0.1) is 19.4 Å². The molecule has 0 unspecified atom stereocenters. The molecule has 1 fully saturated rings. The molecule has 0 bridgehead atoms. The van der Waals surface area contributed by atoms with Gasteiger partial charge in [-0.15, -0.1) is 0 Å². The number of carbonyl (C=O) groups excluding carboxylic acids is 2. The van der Waals surface area contributed by atoms with Gasteiger partial charge in [-0.2, -0.15) is 0 Å². The van der Waals surface area contributed by atoms with E-state index in [0.29, 0.717) is 18.7 Å². The Morgan fingerprint density at radius 2 is 2.00 bits per heavy atom. The van der Waals surface area contributed by atoms with Crippen molar-refractivity contribution in [1.29, 1.82) is 0 Å². The Morgan fingerprint density at radius 3 is 2.64 bits per heavy atom. The van der Waals surface area contributed by atoms with Crippen LogP contribution in [0.25, 0.3) is 0 Å². The first kappa shape index (κ1) is 17.2. The zero-order valence-corrected chi connectivity index (χ0v) is 15.0. The second kappa shape index (κ2) is 6.70. The molecule has 1 aromatic heterocycles. The van der Waals surface area contributed by atoms with Crippen LogP contribution < -0.4 is 0 Å². The van der Waals surface area contributed by atoms with Crippen molar-refractivity contribution in [3.05, 3.63) is 53.1 Å². The average molecular weight is 341 g/mol. The van der Waals surface area contributed by atoms with Crippen LogP contribution in [0.5, 0.6) is 0 Å². The molecule has 132 valence electrons. The summed E-state index contributed by atoms with van der Waals surface area (Å²) >= 11 is 0. The van der Waals surface area contributed by atoms with E-state index in [2.05, 4.69) is 4.98 Å². The largest absolute Gasteiger partial charge is 0.469 e. The van der Waals surface area contributed by atoms with Crippen LogP contribution in [0, 0.1) is 19.8 Å². The van der Waals surface area contributed by atoms with Gasteiger partial charge < -0.3 is 14.2 Å². The van der Waals surface area contributed by atoms with Crippen LogP contribution >= 0.6 is 0 Å². The molecule has 0 radical (unpaired) electrons. The van der Waals surface area contributed by atoms with Crippen molar-refractivity contribution in [3.63, 3.8) is 0 Å². The monoisotopic (exact) mass is 341 g/mol. The first-order chi connectivity index (χ1) is 11.9. The number of rotatable bonds is 3. The molecule has 6 heteroatoms. The van der Waals surface area contributed by atoms with Crippen molar-refractivity contribution < 1.29 is 14.3 Å². The number of ether oxygens (including phenoxy) is 1. The maximum Gasteiger partial charge on any atom is 0.311 e.